The van der Waals surface area contributed by atoms with Crippen molar-refractivity contribution in [2.75, 3.05) is 58.4 Å². The van der Waals surface area contributed by atoms with Crippen molar-refractivity contribution in [2.24, 2.45) is 0 Å². The molecular weight excluding hydrogens is 594 g/mol. The zero-order chi connectivity index (χ0) is 29.6. The molecule has 1 fully saturated rings. The number of benzene rings is 2. The predicted molar refractivity (Wildman–Crippen MR) is 156 cm³/mol. The zero-order valence-electron chi connectivity index (χ0n) is 22.3. The van der Waals surface area contributed by atoms with E-state index in [4.69, 9.17) is 0 Å². The number of rotatable bonds is 6. The fraction of sp³-hybridized carbons (Fsp3) is 0.296. The number of piperazine rings is 1. The molecule has 1 saturated heterocycles. The maximum absolute atomic E-state index is 14.3. The Morgan fingerprint density at radius 3 is 2.38 bits per heavy atom. The molecular formula is C27H25F4N7O2S2. The average molecular weight is 620 g/mol. The predicted octanol–water partition coefficient (Wildman–Crippen LogP) is 5.17. The lowest BCUT2D eigenvalue weighted by Crippen LogP contribution is -2.47. The quantitative estimate of drug-likeness (QED) is 0.178. The number of sulfonamides is 1. The van der Waals surface area contributed by atoms with E-state index in [1.165, 1.54) is 36.2 Å². The lowest BCUT2D eigenvalue weighted by atomic mass is 10.1. The summed E-state index contributed by atoms with van der Waals surface area (Å²) in [6.45, 7) is 2.43. The van der Waals surface area contributed by atoms with Gasteiger partial charge in [-0.2, -0.15) is 21.6 Å². The highest BCUT2D eigenvalue weighted by atomic mass is 32.2. The number of nitrogens with one attached hydrogen (secondary N) is 1. The summed E-state index contributed by atoms with van der Waals surface area (Å²) in [5, 5.41) is 5.03. The smallest absolute Gasteiger partial charge is 0.367 e. The molecule has 0 aliphatic carbocycles. The number of anilines is 5. The molecule has 2 aliphatic heterocycles. The van der Waals surface area contributed by atoms with Gasteiger partial charge in [-0.25, -0.2) is 14.4 Å². The molecule has 2 aromatic carbocycles. The number of thioether (sulfide) groups is 1. The van der Waals surface area contributed by atoms with Gasteiger partial charge in [-0.05, 0) is 54.6 Å². The summed E-state index contributed by atoms with van der Waals surface area (Å²) >= 11 is 1.38. The van der Waals surface area contributed by atoms with Crippen LogP contribution in [0.5, 0.6) is 0 Å². The Hall–Kier alpha value is -3.85. The molecule has 2 aliphatic rings. The Kier molecular flexibility index (Phi) is 7.25. The van der Waals surface area contributed by atoms with E-state index in [0.29, 0.717) is 63.9 Å². The first kappa shape index (κ1) is 28.3. The first-order valence-corrected chi connectivity index (χ1v) is 15.7. The van der Waals surface area contributed by atoms with Crippen molar-refractivity contribution in [1.29, 1.82) is 0 Å². The highest BCUT2D eigenvalue weighted by Gasteiger charge is 2.51. The average Bonchev–Trinajstić information content (AvgIpc) is 3.41. The molecule has 4 aromatic rings. The maximum Gasteiger partial charge on any atom is 0.516 e. The Bertz CT molecular complexity index is 1760. The number of nitrogens with zero attached hydrogens (tertiary/aromatic N) is 6. The second-order valence-electron chi connectivity index (χ2n) is 9.80. The van der Waals surface area contributed by atoms with Crippen molar-refractivity contribution in [1.82, 2.24) is 15.0 Å². The van der Waals surface area contributed by atoms with Gasteiger partial charge in [0.25, 0.3) is 0 Å². The van der Waals surface area contributed by atoms with E-state index in [-0.39, 0.29) is 24.5 Å². The third-order valence-corrected chi connectivity index (χ3v) is 9.44. The molecule has 6 rings (SSSR count). The van der Waals surface area contributed by atoms with Crippen molar-refractivity contribution in [3.63, 3.8) is 0 Å². The van der Waals surface area contributed by atoms with E-state index in [2.05, 4.69) is 30.1 Å². The van der Waals surface area contributed by atoms with Crippen molar-refractivity contribution in [3.8, 4) is 0 Å². The lowest BCUT2D eigenvalue weighted by Gasteiger charge is -2.37. The minimum Gasteiger partial charge on any atom is -0.367 e. The summed E-state index contributed by atoms with van der Waals surface area (Å²) in [4.78, 5) is 17.6. The Morgan fingerprint density at radius 1 is 0.905 bits per heavy atom. The normalized spacial score (nSPS) is 15.8. The zero-order valence-corrected chi connectivity index (χ0v) is 23.9. The van der Waals surface area contributed by atoms with Crippen molar-refractivity contribution in [2.45, 2.75) is 17.1 Å². The van der Waals surface area contributed by atoms with Crippen LogP contribution < -0.4 is 19.4 Å². The van der Waals surface area contributed by atoms with E-state index in [9.17, 15) is 26.0 Å². The van der Waals surface area contributed by atoms with Gasteiger partial charge in [0.1, 0.15) is 17.5 Å². The lowest BCUT2D eigenvalue weighted by molar-refractivity contribution is -0.0437. The number of aromatic nitrogens is 3. The highest BCUT2D eigenvalue weighted by molar-refractivity contribution is 7.98. The van der Waals surface area contributed by atoms with Crippen LogP contribution in [0.15, 0.2) is 60.0 Å². The SMILES string of the molecule is CSc1nc(Nc2ccc3c(c2)CCN3S(=O)(=O)C(F)(F)F)cc(N2CCN(c3ccc(F)c4cnccc34)CC2)n1. The molecule has 9 nitrogen and oxygen atoms in total. The van der Waals surface area contributed by atoms with Crippen LogP contribution in [0.25, 0.3) is 10.8 Å². The third kappa shape index (κ3) is 5.15. The molecule has 2 aromatic heterocycles. The van der Waals surface area contributed by atoms with Gasteiger partial charge in [0.05, 0.1) is 5.69 Å². The van der Waals surface area contributed by atoms with Crippen LogP contribution in [0.4, 0.5) is 46.3 Å². The number of halogens is 4. The van der Waals surface area contributed by atoms with E-state index in [0.717, 1.165) is 11.1 Å². The molecule has 42 heavy (non-hydrogen) atoms. The first-order valence-electron chi connectivity index (χ1n) is 13.0. The molecule has 0 spiro atoms. The molecule has 0 amide bonds. The number of pyridine rings is 1. The van der Waals surface area contributed by atoms with Gasteiger partial charge in [0.2, 0.25) is 0 Å². The molecule has 0 saturated carbocycles. The second kappa shape index (κ2) is 10.8. The number of fused-ring (bicyclic) bond motifs is 2. The molecule has 0 unspecified atom stereocenters. The fourth-order valence-corrected chi connectivity index (χ4v) is 6.69. The molecule has 4 heterocycles. The Morgan fingerprint density at radius 2 is 1.64 bits per heavy atom. The first-order chi connectivity index (χ1) is 20.0. The molecule has 0 radical (unpaired) electrons. The van der Waals surface area contributed by atoms with Crippen LogP contribution in [0.1, 0.15) is 5.56 Å². The monoisotopic (exact) mass is 619 g/mol. The summed E-state index contributed by atoms with van der Waals surface area (Å²) in [5.41, 5.74) is -3.34. The van der Waals surface area contributed by atoms with Gasteiger partial charge < -0.3 is 15.1 Å². The van der Waals surface area contributed by atoms with Crippen molar-refractivity contribution < 1.29 is 26.0 Å². The van der Waals surface area contributed by atoms with Crippen molar-refractivity contribution >= 4 is 61.3 Å². The van der Waals surface area contributed by atoms with Crippen LogP contribution in [0, 0.1) is 5.82 Å². The molecule has 0 atom stereocenters. The van der Waals surface area contributed by atoms with Crippen LogP contribution >= 0.6 is 11.8 Å². The van der Waals surface area contributed by atoms with Gasteiger partial charge >= 0.3 is 15.5 Å². The molecule has 220 valence electrons. The molecule has 1 N–H and O–H groups in total. The summed E-state index contributed by atoms with van der Waals surface area (Å²) in [5.74, 6) is 0.910. The third-order valence-electron chi connectivity index (χ3n) is 7.35. The topological polar surface area (TPSA) is 94.6 Å². The summed E-state index contributed by atoms with van der Waals surface area (Å²) in [6, 6.07) is 11.4. The summed E-state index contributed by atoms with van der Waals surface area (Å²) < 4.78 is 78.0. The van der Waals surface area contributed by atoms with Gasteiger partial charge in [0, 0.05) is 73.3 Å². The van der Waals surface area contributed by atoms with E-state index in [1.54, 1.807) is 18.3 Å². The highest BCUT2D eigenvalue weighted by Crippen LogP contribution is 2.38. The van der Waals surface area contributed by atoms with Gasteiger partial charge in [-0.15, -0.1) is 0 Å². The molecule has 0 bridgehead atoms. The molecule has 15 heteroatoms. The minimum absolute atomic E-state index is 0.0223. The standard InChI is InChI=1S/C27H25F4N7O2S2/c1-41-26-34-24(33-18-2-4-22-17(14-18)7-9-38(22)42(39,40)27(29,30)31)15-25(35-26)37-12-10-36(11-13-37)23-5-3-21(28)20-16-32-8-6-19(20)23/h2-6,8,14-16H,7,9-13H2,1H3,(H,33,34,35). The van der Waals surface area contributed by atoms with Gasteiger partial charge in [-0.1, -0.05) is 11.8 Å². The van der Waals surface area contributed by atoms with E-state index < -0.39 is 15.5 Å². The van der Waals surface area contributed by atoms with E-state index >= 15 is 0 Å². The summed E-state index contributed by atoms with van der Waals surface area (Å²) in [6.07, 6.45) is 5.21. The Labute approximate surface area is 243 Å². The van der Waals surface area contributed by atoms with Gasteiger partial charge in [-0.3, -0.25) is 9.29 Å². The van der Waals surface area contributed by atoms with Crippen LogP contribution in [-0.4, -0.2) is 67.9 Å². The second-order valence-corrected chi connectivity index (χ2v) is 12.4. The number of alkyl halides is 3. The Balaban J connectivity index is 1.19. The summed E-state index contributed by atoms with van der Waals surface area (Å²) in [7, 11) is -5.46. The van der Waals surface area contributed by atoms with Crippen molar-refractivity contribution in [3.05, 3.63) is 66.2 Å². The number of hydrogen-bond acceptors (Lipinski definition) is 9. The van der Waals surface area contributed by atoms with Crippen LogP contribution in [-0.2, 0) is 16.4 Å². The van der Waals surface area contributed by atoms with E-state index in [1.807, 2.05) is 18.4 Å². The van der Waals surface area contributed by atoms with Crippen LogP contribution in [0.2, 0.25) is 0 Å². The fourth-order valence-electron chi connectivity index (χ4n) is 5.29. The maximum atomic E-state index is 14.3. The van der Waals surface area contributed by atoms with Crippen LogP contribution in [0.3, 0.4) is 0 Å². The van der Waals surface area contributed by atoms with Gasteiger partial charge in [0.15, 0.2) is 5.16 Å². The minimum atomic E-state index is -5.46. The largest absolute Gasteiger partial charge is 0.516 e. The number of hydrogen-bond donors (Lipinski definition) is 1.